The lowest BCUT2D eigenvalue weighted by Gasteiger charge is -2.33. The molecule has 0 bridgehead atoms. The first-order chi connectivity index (χ1) is 16.1. The predicted molar refractivity (Wildman–Crippen MR) is 126 cm³/mol. The zero-order valence-electron chi connectivity index (χ0n) is 18.9. The summed E-state index contributed by atoms with van der Waals surface area (Å²) in [5, 5.41) is 1.91. The summed E-state index contributed by atoms with van der Waals surface area (Å²) in [6.45, 7) is 6.51. The highest BCUT2D eigenvalue weighted by molar-refractivity contribution is 5.96. The Morgan fingerprint density at radius 2 is 1.94 bits per heavy atom. The second-order valence-electron chi connectivity index (χ2n) is 8.91. The molecule has 0 amide bonds. The second-order valence-corrected chi connectivity index (χ2v) is 8.91. The van der Waals surface area contributed by atoms with Gasteiger partial charge in [-0.15, -0.1) is 0 Å². The van der Waals surface area contributed by atoms with Crippen LogP contribution < -0.4 is 0 Å². The number of hydrogen-bond donors (Lipinski definition) is 0. The molecule has 1 saturated heterocycles. The first-order valence-electron chi connectivity index (χ1n) is 11.4. The Kier molecular flexibility index (Phi) is 5.96. The van der Waals surface area contributed by atoms with Gasteiger partial charge in [-0.2, -0.15) is 0 Å². The first kappa shape index (κ1) is 21.4. The number of likely N-dealkylation sites (tertiary alicyclic amines) is 1. The van der Waals surface area contributed by atoms with Crippen molar-refractivity contribution in [1.29, 1.82) is 0 Å². The molecule has 33 heavy (non-hydrogen) atoms. The minimum atomic E-state index is -0.0852. The van der Waals surface area contributed by atoms with Gasteiger partial charge in [0, 0.05) is 53.4 Å². The normalized spacial score (nSPS) is 15.4. The summed E-state index contributed by atoms with van der Waals surface area (Å²) in [6, 6.07) is 8.36. The van der Waals surface area contributed by atoms with Gasteiger partial charge in [-0.1, -0.05) is 0 Å². The smallest absolute Gasteiger partial charge is 0.197 e. The summed E-state index contributed by atoms with van der Waals surface area (Å²) >= 11 is 0. The van der Waals surface area contributed by atoms with E-state index in [-0.39, 0.29) is 18.1 Å². The van der Waals surface area contributed by atoms with E-state index < -0.39 is 0 Å². The average Bonchev–Trinajstić information content (AvgIpc) is 3.35. The van der Waals surface area contributed by atoms with Crippen LogP contribution in [0.3, 0.4) is 0 Å². The molecule has 0 aromatic carbocycles. The molecule has 5 heterocycles. The molecule has 0 aliphatic carbocycles. The van der Waals surface area contributed by atoms with Gasteiger partial charge in [0.15, 0.2) is 11.7 Å². The summed E-state index contributed by atoms with van der Waals surface area (Å²) in [5.74, 6) is 0.872. The van der Waals surface area contributed by atoms with Crippen molar-refractivity contribution in [2.75, 3.05) is 13.1 Å². The summed E-state index contributed by atoms with van der Waals surface area (Å²) < 4.78 is 5.71. The topological polar surface area (TPSA) is 85.0 Å². The summed E-state index contributed by atoms with van der Waals surface area (Å²) in [4.78, 5) is 33.0. The van der Waals surface area contributed by atoms with Gasteiger partial charge in [0.1, 0.15) is 12.0 Å². The SMILES string of the molecule is CC(C)N1CCC(c2nc(C(=O)Cc3cc4cc(-c5cccnc5)ncc4cn3)co2)CC1. The molecule has 1 aliphatic rings. The van der Waals surface area contributed by atoms with Crippen LogP contribution in [0.1, 0.15) is 54.7 Å². The van der Waals surface area contributed by atoms with E-state index in [1.807, 2.05) is 24.3 Å². The Hall–Kier alpha value is -3.45. The van der Waals surface area contributed by atoms with Crippen molar-refractivity contribution >= 4 is 16.6 Å². The molecule has 1 fully saturated rings. The molecule has 0 radical (unpaired) electrons. The Labute approximate surface area is 192 Å². The number of hydrogen-bond acceptors (Lipinski definition) is 7. The third kappa shape index (κ3) is 4.68. The van der Waals surface area contributed by atoms with Gasteiger partial charge in [-0.05, 0) is 69.4 Å². The molecule has 7 nitrogen and oxygen atoms in total. The highest BCUT2D eigenvalue weighted by Crippen LogP contribution is 2.28. The highest BCUT2D eigenvalue weighted by atomic mass is 16.3. The largest absolute Gasteiger partial charge is 0.448 e. The molecule has 1 aliphatic heterocycles. The van der Waals surface area contributed by atoms with E-state index in [4.69, 9.17) is 4.42 Å². The van der Waals surface area contributed by atoms with Crippen LogP contribution in [0.25, 0.3) is 22.0 Å². The minimum absolute atomic E-state index is 0.0852. The van der Waals surface area contributed by atoms with Crippen LogP contribution >= 0.6 is 0 Å². The van der Waals surface area contributed by atoms with Crippen LogP contribution in [-0.4, -0.2) is 49.8 Å². The Balaban J connectivity index is 1.29. The Morgan fingerprint density at radius 1 is 1.12 bits per heavy atom. The maximum atomic E-state index is 12.9. The van der Waals surface area contributed by atoms with Crippen LogP contribution in [0, 0.1) is 0 Å². The Morgan fingerprint density at radius 3 is 2.70 bits per heavy atom. The number of Topliss-reactive ketones (excluding diaryl/α,β-unsaturated/α-hetero) is 1. The number of pyridine rings is 3. The van der Waals surface area contributed by atoms with Gasteiger partial charge in [-0.25, -0.2) is 4.98 Å². The molecule has 0 unspecified atom stereocenters. The van der Waals surface area contributed by atoms with E-state index in [2.05, 4.69) is 38.7 Å². The maximum absolute atomic E-state index is 12.9. The molecule has 0 atom stereocenters. The number of oxazole rings is 1. The Bertz CT molecular complexity index is 1260. The molecular formula is C26H27N5O2. The zero-order chi connectivity index (χ0) is 22.8. The van der Waals surface area contributed by atoms with E-state index in [1.165, 1.54) is 6.26 Å². The predicted octanol–water partition coefficient (Wildman–Crippen LogP) is 4.69. The molecule has 168 valence electrons. The quantitative estimate of drug-likeness (QED) is 0.401. The van der Waals surface area contributed by atoms with Gasteiger partial charge >= 0.3 is 0 Å². The minimum Gasteiger partial charge on any atom is -0.448 e. The first-order valence-corrected chi connectivity index (χ1v) is 11.4. The fourth-order valence-corrected chi connectivity index (χ4v) is 4.37. The van der Waals surface area contributed by atoms with Crippen LogP contribution in [0.5, 0.6) is 0 Å². The standard InChI is InChI=1S/C26H27N5O2/c1-17(2)31-8-5-18(6-9-31)26-30-24(16-33-26)25(32)12-22-10-20-11-23(19-4-3-7-27-13-19)29-15-21(20)14-28-22/h3-4,7,10-11,13-18H,5-6,8-9,12H2,1-2H3. The maximum Gasteiger partial charge on any atom is 0.197 e. The molecule has 7 heteroatoms. The number of rotatable bonds is 6. The van der Waals surface area contributed by atoms with E-state index in [9.17, 15) is 4.79 Å². The van der Waals surface area contributed by atoms with Crippen molar-refractivity contribution in [2.45, 2.75) is 45.1 Å². The van der Waals surface area contributed by atoms with E-state index in [0.29, 0.717) is 23.3 Å². The molecule has 0 saturated carbocycles. The van der Waals surface area contributed by atoms with Crippen LogP contribution in [-0.2, 0) is 6.42 Å². The van der Waals surface area contributed by atoms with E-state index in [0.717, 1.165) is 48.0 Å². The van der Waals surface area contributed by atoms with Crippen molar-refractivity contribution in [1.82, 2.24) is 24.8 Å². The molecular weight excluding hydrogens is 414 g/mol. The van der Waals surface area contributed by atoms with Crippen LogP contribution in [0.2, 0.25) is 0 Å². The molecule has 5 rings (SSSR count). The number of fused-ring (bicyclic) bond motifs is 1. The number of carbonyl (C=O) groups is 1. The number of carbonyl (C=O) groups excluding carboxylic acids is 1. The number of aromatic nitrogens is 4. The lowest BCUT2D eigenvalue weighted by atomic mass is 9.96. The number of ketones is 1. The summed E-state index contributed by atoms with van der Waals surface area (Å²) in [6.07, 6.45) is 10.8. The molecule has 4 aromatic rings. The third-order valence-corrected chi connectivity index (χ3v) is 6.38. The average molecular weight is 442 g/mol. The van der Waals surface area contributed by atoms with Crippen molar-refractivity contribution in [3.05, 3.63) is 72.6 Å². The van der Waals surface area contributed by atoms with E-state index >= 15 is 0 Å². The molecule has 0 spiro atoms. The zero-order valence-corrected chi connectivity index (χ0v) is 18.9. The number of nitrogens with zero attached hydrogens (tertiary/aromatic N) is 5. The van der Waals surface area contributed by atoms with Crippen molar-refractivity contribution in [3.8, 4) is 11.3 Å². The van der Waals surface area contributed by atoms with Gasteiger partial charge in [-0.3, -0.25) is 19.7 Å². The highest BCUT2D eigenvalue weighted by Gasteiger charge is 2.26. The summed E-state index contributed by atoms with van der Waals surface area (Å²) in [5.41, 5.74) is 2.86. The molecule has 4 aromatic heterocycles. The van der Waals surface area contributed by atoms with Crippen LogP contribution in [0.4, 0.5) is 0 Å². The van der Waals surface area contributed by atoms with Gasteiger partial charge in [0.25, 0.3) is 0 Å². The van der Waals surface area contributed by atoms with Crippen molar-refractivity contribution in [3.63, 3.8) is 0 Å². The van der Waals surface area contributed by atoms with Gasteiger partial charge in [0.05, 0.1) is 12.1 Å². The lowest BCUT2D eigenvalue weighted by molar-refractivity contribution is 0.0987. The summed E-state index contributed by atoms with van der Waals surface area (Å²) in [7, 11) is 0. The number of piperidine rings is 1. The fraction of sp³-hybridized carbons (Fsp3) is 0.346. The van der Waals surface area contributed by atoms with Gasteiger partial charge in [0.2, 0.25) is 0 Å². The van der Waals surface area contributed by atoms with E-state index in [1.54, 1.807) is 24.8 Å². The van der Waals surface area contributed by atoms with Crippen LogP contribution in [0.15, 0.2) is 59.7 Å². The third-order valence-electron chi connectivity index (χ3n) is 6.38. The van der Waals surface area contributed by atoms with Crippen molar-refractivity contribution in [2.24, 2.45) is 0 Å². The lowest BCUT2D eigenvalue weighted by Crippen LogP contribution is -2.37. The monoisotopic (exact) mass is 441 g/mol. The van der Waals surface area contributed by atoms with Gasteiger partial charge < -0.3 is 9.32 Å². The fourth-order valence-electron chi connectivity index (χ4n) is 4.37. The molecule has 0 N–H and O–H groups in total. The second kappa shape index (κ2) is 9.19. The van der Waals surface area contributed by atoms with Crippen molar-refractivity contribution < 1.29 is 9.21 Å².